The number of ether oxygens (including phenoxy) is 2. The summed E-state index contributed by atoms with van der Waals surface area (Å²) in [4.78, 5) is 37.2. The predicted molar refractivity (Wildman–Crippen MR) is 170 cm³/mol. The lowest BCUT2D eigenvalue weighted by molar-refractivity contribution is 0.0303. The first-order chi connectivity index (χ1) is 21.8. The molecule has 2 N–H and O–H groups in total. The summed E-state index contributed by atoms with van der Waals surface area (Å²) in [6, 6.07) is 18.6. The van der Waals surface area contributed by atoms with Crippen LogP contribution in [0.1, 0.15) is 45.7 Å². The molecule has 7 rings (SSSR count). The Morgan fingerprint density at radius 2 is 1.76 bits per heavy atom. The maximum Gasteiger partial charge on any atom is 0.255 e. The second-order valence-corrected chi connectivity index (χ2v) is 11.9. The van der Waals surface area contributed by atoms with Crippen LogP contribution >= 0.6 is 0 Å². The van der Waals surface area contributed by atoms with E-state index in [-0.39, 0.29) is 17.2 Å². The number of hydrogen-bond donors (Lipinski definition) is 2. The van der Waals surface area contributed by atoms with E-state index >= 15 is 0 Å². The molecule has 11 nitrogen and oxygen atoms in total. The Labute approximate surface area is 260 Å². The second-order valence-electron chi connectivity index (χ2n) is 11.9. The summed E-state index contributed by atoms with van der Waals surface area (Å²) in [5, 5.41) is 11.1. The van der Waals surface area contributed by atoms with E-state index in [1.54, 1.807) is 40.0 Å². The first-order valence-corrected chi connectivity index (χ1v) is 14.9. The third-order valence-electron chi connectivity index (χ3n) is 8.33. The average Bonchev–Trinajstić information content (AvgIpc) is 3.66. The second kappa shape index (κ2) is 11.3. The number of aromatic nitrogens is 4. The highest BCUT2D eigenvalue weighted by Gasteiger charge is 2.32. The van der Waals surface area contributed by atoms with Gasteiger partial charge in [0.15, 0.2) is 17.3 Å². The van der Waals surface area contributed by atoms with Crippen molar-refractivity contribution < 1.29 is 19.1 Å². The van der Waals surface area contributed by atoms with Crippen LogP contribution in [0.4, 0.5) is 17.2 Å². The number of amides is 2. The largest absolute Gasteiger partial charge is 0.492 e. The van der Waals surface area contributed by atoms with Crippen LogP contribution in [0.2, 0.25) is 0 Å². The Balaban J connectivity index is 1.13. The van der Waals surface area contributed by atoms with Gasteiger partial charge < -0.3 is 25.0 Å². The number of anilines is 3. The van der Waals surface area contributed by atoms with Gasteiger partial charge in [-0.1, -0.05) is 32.0 Å². The summed E-state index contributed by atoms with van der Waals surface area (Å²) < 4.78 is 12.9. The summed E-state index contributed by atoms with van der Waals surface area (Å²) in [5.41, 5.74) is 5.70. The zero-order valence-electron chi connectivity index (χ0n) is 25.3. The number of carbonyl (C=O) groups is 2. The van der Waals surface area contributed by atoms with E-state index < -0.39 is 0 Å². The van der Waals surface area contributed by atoms with Gasteiger partial charge in [0.1, 0.15) is 5.75 Å². The van der Waals surface area contributed by atoms with Gasteiger partial charge in [-0.15, -0.1) is 5.10 Å². The molecule has 0 aliphatic carbocycles. The van der Waals surface area contributed by atoms with Crippen molar-refractivity contribution in [2.24, 2.45) is 0 Å². The molecule has 0 radical (unpaired) electrons. The Hall–Kier alpha value is -5.29. The van der Waals surface area contributed by atoms with Crippen LogP contribution in [-0.4, -0.2) is 69.2 Å². The third kappa shape index (κ3) is 5.46. The third-order valence-corrected chi connectivity index (χ3v) is 8.33. The van der Waals surface area contributed by atoms with Crippen molar-refractivity contribution >= 4 is 34.7 Å². The molecule has 11 heteroatoms. The first-order valence-electron chi connectivity index (χ1n) is 14.9. The summed E-state index contributed by atoms with van der Waals surface area (Å²) in [6.45, 7) is 9.06. The Kier molecular flexibility index (Phi) is 7.17. The van der Waals surface area contributed by atoms with Crippen molar-refractivity contribution in [1.82, 2.24) is 24.5 Å². The molecule has 1 fully saturated rings. The van der Waals surface area contributed by atoms with Gasteiger partial charge in [0, 0.05) is 64.5 Å². The molecule has 2 aliphatic rings. The number of nitrogens with one attached hydrogen (secondary N) is 2. The van der Waals surface area contributed by atoms with Gasteiger partial charge in [-0.25, -0.2) is 14.5 Å². The van der Waals surface area contributed by atoms with Crippen molar-refractivity contribution in [3.63, 3.8) is 0 Å². The van der Waals surface area contributed by atoms with Gasteiger partial charge in [0.05, 0.1) is 19.8 Å². The molecular weight excluding hydrogens is 570 g/mol. The Bertz CT molecular complexity index is 1930. The quantitative estimate of drug-likeness (QED) is 0.270. The molecule has 0 spiro atoms. The first kappa shape index (κ1) is 28.5. The van der Waals surface area contributed by atoms with E-state index in [1.165, 1.54) is 0 Å². The van der Waals surface area contributed by atoms with Crippen LogP contribution in [0, 0.1) is 6.92 Å². The van der Waals surface area contributed by atoms with E-state index in [0.29, 0.717) is 67.0 Å². The number of nitrogens with zero attached hydrogens (tertiary/aromatic N) is 5. The fourth-order valence-corrected chi connectivity index (χ4v) is 5.69. The summed E-state index contributed by atoms with van der Waals surface area (Å²) in [5.74, 6) is 1.48. The number of fused-ring (bicyclic) bond motifs is 2. The van der Waals surface area contributed by atoms with Crippen LogP contribution in [0.3, 0.4) is 0 Å². The fourth-order valence-electron chi connectivity index (χ4n) is 5.69. The van der Waals surface area contributed by atoms with Gasteiger partial charge in [-0.05, 0) is 55.0 Å². The van der Waals surface area contributed by atoms with E-state index in [9.17, 15) is 9.59 Å². The standard InChI is InChI=1S/C34H33N7O4/c1-21-25(5-4-6-27(21)37-32(42)23-9-12-26-28(19-23)45-20-34(26,2)3)29-38-30(31-35-13-14-41(31)39-29)36-24-10-7-22(8-11-24)33(43)40-15-17-44-18-16-40/h4-14,19H,15-18,20H2,1-3H3,(H,37,42)(H,36,38,39). The number of rotatable bonds is 6. The van der Waals surface area contributed by atoms with Crippen molar-refractivity contribution in [1.29, 1.82) is 0 Å². The molecule has 2 amide bonds. The summed E-state index contributed by atoms with van der Waals surface area (Å²) >= 11 is 0. The minimum Gasteiger partial charge on any atom is -0.492 e. The van der Waals surface area contributed by atoms with Crippen molar-refractivity contribution in [3.8, 4) is 17.1 Å². The molecule has 228 valence electrons. The lowest BCUT2D eigenvalue weighted by Crippen LogP contribution is -2.40. The molecule has 3 aromatic carbocycles. The summed E-state index contributed by atoms with van der Waals surface area (Å²) in [7, 11) is 0. The van der Waals surface area contributed by atoms with Crippen LogP contribution in [0.25, 0.3) is 17.0 Å². The molecule has 0 saturated carbocycles. The van der Waals surface area contributed by atoms with Crippen LogP contribution < -0.4 is 15.4 Å². The maximum absolute atomic E-state index is 13.3. The van der Waals surface area contributed by atoms with Crippen LogP contribution in [-0.2, 0) is 10.2 Å². The molecule has 1 saturated heterocycles. The number of benzene rings is 3. The minimum atomic E-state index is -0.227. The van der Waals surface area contributed by atoms with Crippen LogP contribution in [0.15, 0.2) is 73.1 Å². The topological polar surface area (TPSA) is 123 Å². The summed E-state index contributed by atoms with van der Waals surface area (Å²) in [6.07, 6.45) is 3.42. The molecule has 2 aromatic heterocycles. The monoisotopic (exact) mass is 603 g/mol. The highest BCUT2D eigenvalue weighted by molar-refractivity contribution is 6.05. The molecule has 5 aromatic rings. The SMILES string of the molecule is Cc1c(NC(=O)c2ccc3c(c2)OCC3(C)C)cccc1-c1nc(Nc2ccc(C(=O)N3CCOCC3)cc2)c2nccn2n1. The average molecular weight is 604 g/mol. The zero-order chi connectivity index (χ0) is 31.1. The molecule has 2 aliphatic heterocycles. The smallest absolute Gasteiger partial charge is 0.255 e. The fraction of sp³-hybridized carbons (Fsp3) is 0.265. The van der Waals surface area contributed by atoms with Crippen LogP contribution in [0.5, 0.6) is 5.75 Å². The van der Waals surface area contributed by atoms with E-state index in [0.717, 1.165) is 28.1 Å². The molecule has 45 heavy (non-hydrogen) atoms. The molecule has 4 heterocycles. The Morgan fingerprint density at radius 1 is 0.978 bits per heavy atom. The molecule has 0 atom stereocenters. The maximum atomic E-state index is 13.3. The Morgan fingerprint density at radius 3 is 2.56 bits per heavy atom. The van der Waals surface area contributed by atoms with E-state index in [1.807, 2.05) is 49.4 Å². The van der Waals surface area contributed by atoms with Gasteiger partial charge in [0.25, 0.3) is 11.8 Å². The van der Waals surface area contributed by atoms with Gasteiger partial charge >= 0.3 is 0 Å². The zero-order valence-corrected chi connectivity index (χ0v) is 25.3. The van der Waals surface area contributed by atoms with Gasteiger partial charge in [-0.2, -0.15) is 0 Å². The number of hydrogen-bond acceptors (Lipinski definition) is 8. The van der Waals surface area contributed by atoms with Gasteiger partial charge in [0.2, 0.25) is 0 Å². The van der Waals surface area contributed by atoms with E-state index in [2.05, 4.69) is 29.5 Å². The number of imidazole rings is 1. The van der Waals surface area contributed by atoms with Crippen molar-refractivity contribution in [3.05, 3.63) is 95.3 Å². The van der Waals surface area contributed by atoms with Crippen molar-refractivity contribution in [2.45, 2.75) is 26.2 Å². The highest BCUT2D eigenvalue weighted by Crippen LogP contribution is 2.39. The predicted octanol–water partition coefficient (Wildman–Crippen LogP) is 5.24. The lowest BCUT2D eigenvalue weighted by Gasteiger charge is -2.26. The number of morpholine rings is 1. The normalized spacial score (nSPS) is 15.4. The molecular formula is C34H33N7O4. The highest BCUT2D eigenvalue weighted by atomic mass is 16.5. The minimum absolute atomic E-state index is 0.0132. The van der Waals surface area contributed by atoms with Crippen molar-refractivity contribution in [2.75, 3.05) is 43.5 Å². The van der Waals surface area contributed by atoms with Gasteiger partial charge in [-0.3, -0.25) is 9.59 Å². The van der Waals surface area contributed by atoms with E-state index in [4.69, 9.17) is 19.6 Å². The number of carbonyl (C=O) groups excluding carboxylic acids is 2. The lowest BCUT2D eigenvalue weighted by atomic mass is 9.86. The molecule has 0 bridgehead atoms. The molecule has 0 unspecified atom stereocenters.